The van der Waals surface area contributed by atoms with Gasteiger partial charge < -0.3 is 10.2 Å². The molecule has 4 nitrogen and oxygen atoms in total. The van der Waals surface area contributed by atoms with Crippen LogP contribution in [0.2, 0.25) is 0 Å². The molecule has 0 saturated carbocycles. The average Bonchev–Trinajstić information content (AvgIpc) is 2.84. The van der Waals surface area contributed by atoms with E-state index in [0.717, 1.165) is 36.6 Å². The number of rotatable bonds is 7. The van der Waals surface area contributed by atoms with Crippen LogP contribution in [-0.2, 0) is 13.1 Å². The summed E-state index contributed by atoms with van der Waals surface area (Å²) in [6, 6.07) is 1.56. The van der Waals surface area contributed by atoms with Gasteiger partial charge in [-0.2, -0.15) is 0 Å². The molecular formula is C15H21FN4S. The van der Waals surface area contributed by atoms with Crippen LogP contribution in [0.15, 0.2) is 17.8 Å². The molecule has 21 heavy (non-hydrogen) atoms. The first-order valence-corrected chi connectivity index (χ1v) is 7.95. The zero-order valence-electron chi connectivity index (χ0n) is 12.7. The molecule has 0 radical (unpaired) electrons. The molecule has 1 N–H and O–H groups in total. The first kappa shape index (κ1) is 15.9. The van der Waals surface area contributed by atoms with Crippen LogP contribution < -0.4 is 10.2 Å². The van der Waals surface area contributed by atoms with E-state index in [-0.39, 0.29) is 5.82 Å². The molecule has 2 heterocycles. The summed E-state index contributed by atoms with van der Waals surface area (Å²) in [5, 5.41) is 3.30. The molecule has 0 amide bonds. The number of aromatic nitrogens is 2. The summed E-state index contributed by atoms with van der Waals surface area (Å²) in [6.07, 6.45) is 2.32. The summed E-state index contributed by atoms with van der Waals surface area (Å²) in [5.41, 5.74) is 3.77. The number of thiazole rings is 1. The lowest BCUT2D eigenvalue weighted by Crippen LogP contribution is -2.22. The fraction of sp³-hybridized carbons (Fsp3) is 0.467. The Balaban J connectivity index is 2.15. The largest absolute Gasteiger partial charge is 0.354 e. The Labute approximate surface area is 129 Å². The van der Waals surface area contributed by atoms with Gasteiger partial charge in [-0.25, -0.2) is 14.4 Å². The molecule has 2 aromatic rings. The first-order valence-electron chi connectivity index (χ1n) is 7.07. The third-order valence-electron chi connectivity index (χ3n) is 3.24. The second kappa shape index (κ2) is 7.47. The van der Waals surface area contributed by atoms with E-state index in [9.17, 15) is 4.39 Å². The molecule has 6 heteroatoms. The van der Waals surface area contributed by atoms with Crippen LogP contribution >= 0.6 is 11.3 Å². The lowest BCUT2D eigenvalue weighted by Gasteiger charge is -2.21. The summed E-state index contributed by atoms with van der Waals surface area (Å²) in [6.45, 7) is 6.38. The van der Waals surface area contributed by atoms with Crippen molar-refractivity contribution in [2.24, 2.45) is 0 Å². The highest BCUT2D eigenvalue weighted by atomic mass is 32.1. The molecule has 0 aliphatic rings. The normalized spacial score (nSPS) is 10.9. The zero-order valence-corrected chi connectivity index (χ0v) is 13.5. The standard InChI is InChI=1S/C15H21FN4S/c1-4-5-17-7-12-6-13(16)8-18-15(12)20(3)9-14-11(2)19-10-21-14/h6,8,10,17H,4-5,7,9H2,1-3H3. The van der Waals surface area contributed by atoms with Crippen LogP contribution in [0.5, 0.6) is 0 Å². The Morgan fingerprint density at radius 3 is 2.86 bits per heavy atom. The van der Waals surface area contributed by atoms with Crippen molar-refractivity contribution in [3.8, 4) is 0 Å². The second-order valence-corrected chi connectivity index (χ2v) is 5.97. The zero-order chi connectivity index (χ0) is 15.2. The van der Waals surface area contributed by atoms with Crippen molar-refractivity contribution in [3.63, 3.8) is 0 Å². The summed E-state index contributed by atoms with van der Waals surface area (Å²) < 4.78 is 13.4. The SMILES string of the molecule is CCCNCc1cc(F)cnc1N(C)Cc1scnc1C. The van der Waals surface area contributed by atoms with E-state index in [1.807, 2.05) is 24.4 Å². The molecule has 0 bridgehead atoms. The van der Waals surface area contributed by atoms with E-state index in [1.54, 1.807) is 17.4 Å². The highest BCUT2D eigenvalue weighted by Gasteiger charge is 2.13. The number of pyridine rings is 1. The smallest absolute Gasteiger partial charge is 0.141 e. The lowest BCUT2D eigenvalue weighted by molar-refractivity contribution is 0.610. The van der Waals surface area contributed by atoms with E-state index in [4.69, 9.17) is 0 Å². The third kappa shape index (κ3) is 4.22. The number of hydrogen-bond donors (Lipinski definition) is 1. The fourth-order valence-electron chi connectivity index (χ4n) is 2.12. The Kier molecular flexibility index (Phi) is 5.64. The highest BCUT2D eigenvalue weighted by molar-refractivity contribution is 7.09. The van der Waals surface area contributed by atoms with E-state index >= 15 is 0 Å². The number of anilines is 1. The fourth-order valence-corrected chi connectivity index (χ4v) is 2.95. The van der Waals surface area contributed by atoms with E-state index in [0.29, 0.717) is 6.54 Å². The van der Waals surface area contributed by atoms with Gasteiger partial charge in [0, 0.05) is 24.0 Å². The molecule has 0 fully saturated rings. The van der Waals surface area contributed by atoms with Gasteiger partial charge >= 0.3 is 0 Å². The molecule has 0 aromatic carbocycles. The maximum atomic E-state index is 13.4. The van der Waals surface area contributed by atoms with Crippen LogP contribution in [0.3, 0.4) is 0 Å². The summed E-state index contributed by atoms with van der Waals surface area (Å²) in [5.74, 6) is 0.516. The molecular weight excluding hydrogens is 287 g/mol. The Morgan fingerprint density at radius 1 is 1.38 bits per heavy atom. The minimum Gasteiger partial charge on any atom is -0.354 e. The molecule has 0 aliphatic carbocycles. The predicted molar refractivity (Wildman–Crippen MR) is 85.2 cm³/mol. The number of aryl methyl sites for hydroxylation is 1. The van der Waals surface area contributed by atoms with Gasteiger partial charge in [0.05, 0.1) is 23.9 Å². The van der Waals surface area contributed by atoms with Crippen molar-refractivity contribution in [3.05, 3.63) is 39.7 Å². The summed E-state index contributed by atoms with van der Waals surface area (Å²) in [4.78, 5) is 11.8. The van der Waals surface area contributed by atoms with E-state index in [1.165, 1.54) is 11.1 Å². The Hall–Kier alpha value is -1.53. The maximum Gasteiger partial charge on any atom is 0.141 e. The van der Waals surface area contributed by atoms with Crippen LogP contribution in [0.25, 0.3) is 0 Å². The van der Waals surface area contributed by atoms with Crippen LogP contribution in [0.1, 0.15) is 29.5 Å². The molecule has 0 spiro atoms. The predicted octanol–water partition coefficient (Wildman–Crippen LogP) is 3.12. The van der Waals surface area contributed by atoms with Crippen molar-refractivity contribution in [2.75, 3.05) is 18.5 Å². The van der Waals surface area contributed by atoms with Gasteiger partial charge in [-0.3, -0.25) is 0 Å². The monoisotopic (exact) mass is 308 g/mol. The highest BCUT2D eigenvalue weighted by Crippen LogP contribution is 2.22. The van der Waals surface area contributed by atoms with Gasteiger partial charge in [0.1, 0.15) is 11.6 Å². The minimum absolute atomic E-state index is 0.297. The number of nitrogens with zero attached hydrogens (tertiary/aromatic N) is 3. The Morgan fingerprint density at radius 2 is 2.19 bits per heavy atom. The van der Waals surface area contributed by atoms with Crippen LogP contribution in [-0.4, -0.2) is 23.6 Å². The van der Waals surface area contributed by atoms with Gasteiger partial charge in [0.2, 0.25) is 0 Å². The molecule has 2 rings (SSSR count). The minimum atomic E-state index is -0.297. The summed E-state index contributed by atoms with van der Waals surface area (Å²) >= 11 is 1.63. The average molecular weight is 308 g/mol. The van der Waals surface area contributed by atoms with Crippen LogP contribution in [0, 0.1) is 12.7 Å². The molecule has 0 unspecified atom stereocenters. The van der Waals surface area contributed by atoms with Gasteiger partial charge in [-0.05, 0) is 26.0 Å². The second-order valence-electron chi connectivity index (χ2n) is 5.03. The lowest BCUT2D eigenvalue weighted by atomic mass is 10.2. The number of halogens is 1. The molecule has 0 aliphatic heterocycles. The first-order chi connectivity index (χ1) is 10.1. The molecule has 0 saturated heterocycles. The third-order valence-corrected chi connectivity index (χ3v) is 4.16. The molecule has 114 valence electrons. The van der Waals surface area contributed by atoms with Crippen molar-refractivity contribution in [1.82, 2.24) is 15.3 Å². The van der Waals surface area contributed by atoms with Crippen molar-refractivity contribution < 1.29 is 4.39 Å². The maximum absolute atomic E-state index is 13.4. The quantitative estimate of drug-likeness (QED) is 0.798. The van der Waals surface area contributed by atoms with Crippen molar-refractivity contribution in [1.29, 1.82) is 0 Å². The summed E-state index contributed by atoms with van der Waals surface area (Å²) in [7, 11) is 1.97. The van der Waals surface area contributed by atoms with Gasteiger partial charge in [-0.15, -0.1) is 11.3 Å². The topological polar surface area (TPSA) is 41.1 Å². The van der Waals surface area contributed by atoms with Gasteiger partial charge in [-0.1, -0.05) is 6.92 Å². The van der Waals surface area contributed by atoms with Crippen molar-refractivity contribution in [2.45, 2.75) is 33.4 Å². The number of hydrogen-bond acceptors (Lipinski definition) is 5. The van der Waals surface area contributed by atoms with Crippen molar-refractivity contribution >= 4 is 17.2 Å². The molecule has 2 aromatic heterocycles. The van der Waals surface area contributed by atoms with E-state index < -0.39 is 0 Å². The van der Waals surface area contributed by atoms with Gasteiger partial charge in [0.25, 0.3) is 0 Å². The van der Waals surface area contributed by atoms with Gasteiger partial charge in [0.15, 0.2) is 0 Å². The van der Waals surface area contributed by atoms with Crippen LogP contribution in [0.4, 0.5) is 10.2 Å². The van der Waals surface area contributed by atoms with E-state index in [2.05, 4.69) is 22.2 Å². The Bertz CT molecular complexity index is 585. The molecule has 0 atom stereocenters. The number of nitrogens with one attached hydrogen (secondary N) is 1.